The lowest BCUT2D eigenvalue weighted by atomic mass is 9.92. The van der Waals surface area contributed by atoms with Gasteiger partial charge in [-0.3, -0.25) is 4.79 Å². The van der Waals surface area contributed by atoms with Crippen LogP contribution in [-0.4, -0.2) is 58.2 Å². The third-order valence-corrected chi connectivity index (χ3v) is 5.78. The number of fused-ring (bicyclic) bond motifs is 1. The summed E-state index contributed by atoms with van der Waals surface area (Å²) in [7, 11) is 0. The molecule has 1 amide bonds. The molecule has 0 bridgehead atoms. The van der Waals surface area contributed by atoms with E-state index in [1.165, 1.54) is 30.6 Å². The molecule has 0 unspecified atom stereocenters. The van der Waals surface area contributed by atoms with Gasteiger partial charge in [-0.2, -0.15) is 0 Å². The fraction of sp³-hybridized carbons (Fsp3) is 0.318. The van der Waals surface area contributed by atoms with Crippen molar-refractivity contribution < 1.29 is 18.7 Å². The normalized spacial score (nSPS) is 19.7. The third-order valence-electron chi connectivity index (χ3n) is 5.48. The number of aliphatic hydroxyl groups is 1. The molecule has 0 saturated carbocycles. The molecule has 2 heterocycles. The van der Waals surface area contributed by atoms with E-state index >= 15 is 4.39 Å². The molecule has 31 heavy (non-hydrogen) atoms. The van der Waals surface area contributed by atoms with Crippen molar-refractivity contribution in [1.29, 1.82) is 0 Å². The predicted octanol–water partition coefficient (Wildman–Crippen LogP) is 3.65. The van der Waals surface area contributed by atoms with E-state index in [-0.39, 0.29) is 34.0 Å². The lowest BCUT2D eigenvalue weighted by Gasteiger charge is -2.35. The van der Waals surface area contributed by atoms with Gasteiger partial charge < -0.3 is 14.9 Å². The molecule has 162 valence electrons. The first kappa shape index (κ1) is 21.4. The third kappa shape index (κ3) is 3.93. The molecule has 1 saturated heterocycles. The lowest BCUT2D eigenvalue weighted by Crippen LogP contribution is -2.48. The first-order valence-corrected chi connectivity index (χ1v) is 10.3. The summed E-state index contributed by atoms with van der Waals surface area (Å²) in [5.41, 5.74) is -0.364. The van der Waals surface area contributed by atoms with E-state index in [9.17, 15) is 14.3 Å². The van der Waals surface area contributed by atoms with Crippen molar-refractivity contribution in [2.45, 2.75) is 19.4 Å². The van der Waals surface area contributed by atoms with Crippen molar-refractivity contribution in [2.75, 3.05) is 31.1 Å². The number of rotatable bonds is 3. The number of aromatic nitrogens is 2. The van der Waals surface area contributed by atoms with Gasteiger partial charge in [-0.15, -0.1) is 0 Å². The predicted molar refractivity (Wildman–Crippen MR) is 116 cm³/mol. The average molecular weight is 447 g/mol. The summed E-state index contributed by atoms with van der Waals surface area (Å²) < 4.78 is 29.9. The van der Waals surface area contributed by atoms with Gasteiger partial charge in [0.15, 0.2) is 5.82 Å². The van der Waals surface area contributed by atoms with Crippen LogP contribution in [0.4, 0.5) is 14.6 Å². The zero-order valence-electron chi connectivity index (χ0n) is 16.9. The Labute approximate surface area is 183 Å². The Morgan fingerprint density at radius 1 is 1.26 bits per heavy atom. The summed E-state index contributed by atoms with van der Waals surface area (Å²) >= 11 is 6.37. The van der Waals surface area contributed by atoms with Crippen molar-refractivity contribution in [1.82, 2.24) is 14.9 Å². The maximum atomic E-state index is 15.5. The summed E-state index contributed by atoms with van der Waals surface area (Å²) in [6.07, 6.45) is 6.12. The fourth-order valence-corrected chi connectivity index (χ4v) is 4.25. The number of carbonyl (C=O) groups excluding carboxylic acids is 1. The van der Waals surface area contributed by atoms with E-state index in [4.69, 9.17) is 11.6 Å². The summed E-state index contributed by atoms with van der Waals surface area (Å²) in [6.45, 7) is 3.82. The molecular weight excluding hydrogens is 426 g/mol. The molecule has 0 spiro atoms. The molecule has 2 aliphatic rings. The van der Waals surface area contributed by atoms with Gasteiger partial charge >= 0.3 is 0 Å². The highest BCUT2D eigenvalue weighted by molar-refractivity contribution is 6.33. The van der Waals surface area contributed by atoms with Crippen molar-refractivity contribution in [3.63, 3.8) is 0 Å². The summed E-state index contributed by atoms with van der Waals surface area (Å²) in [6, 6.07) is 1.51. The summed E-state index contributed by atoms with van der Waals surface area (Å²) in [5, 5.41) is 10.6. The molecule has 6 nitrogen and oxygen atoms in total. The van der Waals surface area contributed by atoms with E-state index in [0.717, 1.165) is 0 Å². The Bertz CT molecular complexity index is 1120. The van der Waals surface area contributed by atoms with Crippen LogP contribution in [0, 0.1) is 5.82 Å². The molecule has 1 aliphatic carbocycles. The number of amides is 1. The van der Waals surface area contributed by atoms with Gasteiger partial charge in [-0.05, 0) is 31.6 Å². The van der Waals surface area contributed by atoms with E-state index < -0.39 is 17.7 Å². The smallest absolute Gasteiger partial charge is 0.246 e. The van der Waals surface area contributed by atoms with Crippen molar-refractivity contribution in [2.24, 2.45) is 0 Å². The Hall–Kier alpha value is -2.84. The maximum Gasteiger partial charge on any atom is 0.246 e. The molecule has 0 radical (unpaired) electrons. The second-order valence-corrected chi connectivity index (χ2v) is 7.78. The van der Waals surface area contributed by atoms with Gasteiger partial charge in [0, 0.05) is 42.7 Å². The number of anilines is 1. The largest absolute Gasteiger partial charge is 0.388 e. The van der Waals surface area contributed by atoms with Gasteiger partial charge in [0.05, 0.1) is 11.1 Å². The molecule has 1 N–H and O–H groups in total. The number of piperazine rings is 1. The van der Waals surface area contributed by atoms with Crippen LogP contribution in [0.3, 0.4) is 0 Å². The molecule has 1 fully saturated rings. The summed E-state index contributed by atoms with van der Waals surface area (Å²) in [4.78, 5) is 24.1. The van der Waals surface area contributed by atoms with E-state index in [1.54, 1.807) is 17.9 Å². The Balaban J connectivity index is 1.72. The highest BCUT2D eigenvalue weighted by atomic mass is 35.5. The molecule has 1 aromatic carbocycles. The SMILES string of the molecule is C/C=C/C(=O)N1CCN(c2ncnc3c(F)c(C4=C(F)C=CC[C@@H]4O)c(Cl)cc23)CC1. The first-order chi connectivity index (χ1) is 14.9. The number of hydrogen-bond acceptors (Lipinski definition) is 5. The van der Waals surface area contributed by atoms with E-state index in [1.807, 2.05) is 4.90 Å². The van der Waals surface area contributed by atoms with E-state index in [2.05, 4.69) is 9.97 Å². The van der Waals surface area contributed by atoms with Crippen LogP contribution in [0.5, 0.6) is 0 Å². The molecule has 4 rings (SSSR count). The molecule has 2 aromatic rings. The highest BCUT2D eigenvalue weighted by Gasteiger charge is 2.29. The zero-order chi connectivity index (χ0) is 22.1. The molecule has 9 heteroatoms. The van der Waals surface area contributed by atoms with Crippen molar-refractivity contribution in [3.8, 4) is 0 Å². The number of aliphatic hydroxyl groups excluding tert-OH is 1. The van der Waals surface area contributed by atoms with Gasteiger partial charge in [0.2, 0.25) is 5.91 Å². The topological polar surface area (TPSA) is 69.6 Å². The number of benzene rings is 1. The Morgan fingerprint density at radius 3 is 2.68 bits per heavy atom. The minimum absolute atomic E-state index is 0.00104. The Morgan fingerprint density at radius 2 is 2.00 bits per heavy atom. The number of halogens is 3. The van der Waals surface area contributed by atoms with Gasteiger partial charge in [0.25, 0.3) is 0 Å². The molecule has 1 atom stereocenters. The van der Waals surface area contributed by atoms with Crippen molar-refractivity contribution >= 4 is 39.8 Å². The van der Waals surface area contributed by atoms with Crippen LogP contribution in [0.1, 0.15) is 18.9 Å². The van der Waals surface area contributed by atoms with Crippen LogP contribution >= 0.6 is 11.6 Å². The molecule has 1 aromatic heterocycles. The monoisotopic (exact) mass is 446 g/mol. The minimum atomic E-state index is -1.20. The van der Waals surface area contributed by atoms with Gasteiger partial charge in [-0.1, -0.05) is 23.8 Å². The number of nitrogens with zero attached hydrogens (tertiary/aromatic N) is 4. The summed E-state index contributed by atoms with van der Waals surface area (Å²) in [5.74, 6) is -1.08. The van der Waals surface area contributed by atoms with Gasteiger partial charge in [0.1, 0.15) is 23.5 Å². The Kier molecular flexibility index (Phi) is 6.02. The standard InChI is InChI=1S/C22H21ClF2N4O2/c1-2-4-17(31)28-7-9-29(10-8-28)22-13-11-14(23)18(20(25)21(13)26-12-27-22)19-15(24)5-3-6-16(19)30/h2-5,11-12,16,30H,6-10H2,1H3/b4-2+/t16-/m0/s1. The first-order valence-electron chi connectivity index (χ1n) is 9.96. The second kappa shape index (κ2) is 8.72. The van der Waals surface area contributed by atoms with Crippen LogP contribution in [0.25, 0.3) is 16.5 Å². The van der Waals surface area contributed by atoms with Crippen LogP contribution < -0.4 is 4.90 Å². The highest BCUT2D eigenvalue weighted by Crippen LogP contribution is 2.39. The van der Waals surface area contributed by atoms with Crippen LogP contribution in [0.2, 0.25) is 5.02 Å². The van der Waals surface area contributed by atoms with E-state index in [0.29, 0.717) is 37.4 Å². The van der Waals surface area contributed by atoms with Gasteiger partial charge in [-0.25, -0.2) is 18.7 Å². The van der Waals surface area contributed by atoms with Crippen LogP contribution in [-0.2, 0) is 4.79 Å². The maximum absolute atomic E-state index is 15.5. The number of allylic oxidation sites excluding steroid dienone is 3. The average Bonchev–Trinajstić information content (AvgIpc) is 2.75. The number of carbonyl (C=O) groups is 1. The van der Waals surface area contributed by atoms with Crippen LogP contribution in [0.15, 0.2) is 42.5 Å². The number of hydrogen-bond donors (Lipinski definition) is 1. The zero-order valence-corrected chi connectivity index (χ0v) is 17.6. The second-order valence-electron chi connectivity index (χ2n) is 7.37. The lowest BCUT2D eigenvalue weighted by molar-refractivity contribution is -0.126. The molecular formula is C22H21ClF2N4O2. The quantitative estimate of drug-likeness (QED) is 0.729. The molecule has 1 aliphatic heterocycles. The van der Waals surface area contributed by atoms with Crippen molar-refractivity contribution in [3.05, 3.63) is 58.9 Å². The fourth-order valence-electron chi connectivity index (χ4n) is 3.95. The minimum Gasteiger partial charge on any atom is -0.388 e.